The lowest BCUT2D eigenvalue weighted by Crippen LogP contribution is -2.27. The Bertz CT molecular complexity index is 1460. The summed E-state index contributed by atoms with van der Waals surface area (Å²) < 4.78 is 8.25. The largest absolute Gasteiger partial charge is 0.408 e. The van der Waals surface area contributed by atoms with E-state index in [2.05, 4.69) is 85.2 Å². The molecule has 34 heavy (non-hydrogen) atoms. The van der Waals surface area contributed by atoms with E-state index in [0.717, 1.165) is 39.1 Å². The molecule has 5 rings (SSSR count). The van der Waals surface area contributed by atoms with E-state index in [1.807, 2.05) is 35.0 Å². The molecule has 0 atom stereocenters. The number of H-pyrrole nitrogens is 1. The standard InChI is InChI=1S/C26H28N6OSi/c1-25(2,3)34-33-26(4,5)18-8-6-7-17(13-18)23-12-10-20-15-27-24(31-32(20)23)30-19-9-11-21-22(14-19)29-16-28-21/h6-16H,1-5H3,(H,28,29)(H,30,31). The predicted molar refractivity (Wildman–Crippen MR) is 137 cm³/mol. The maximum Gasteiger partial charge on any atom is 0.245 e. The monoisotopic (exact) mass is 468 g/mol. The number of aromatic amines is 1. The zero-order valence-electron chi connectivity index (χ0n) is 20.0. The molecule has 0 saturated heterocycles. The summed E-state index contributed by atoms with van der Waals surface area (Å²) in [5.74, 6) is 0.523. The van der Waals surface area contributed by atoms with Crippen LogP contribution in [0.25, 0.3) is 27.8 Å². The van der Waals surface area contributed by atoms with Crippen molar-refractivity contribution in [1.82, 2.24) is 24.6 Å². The highest BCUT2D eigenvalue weighted by molar-refractivity contribution is 6.31. The topological polar surface area (TPSA) is 80.1 Å². The summed E-state index contributed by atoms with van der Waals surface area (Å²) >= 11 is 0. The van der Waals surface area contributed by atoms with E-state index in [9.17, 15) is 0 Å². The van der Waals surface area contributed by atoms with Crippen LogP contribution in [0, 0.1) is 0 Å². The van der Waals surface area contributed by atoms with Crippen LogP contribution in [0.1, 0.15) is 40.2 Å². The van der Waals surface area contributed by atoms with Gasteiger partial charge < -0.3 is 14.7 Å². The van der Waals surface area contributed by atoms with Crippen molar-refractivity contribution in [3.8, 4) is 11.3 Å². The first kappa shape index (κ1) is 22.3. The fraction of sp³-hybridized carbons (Fsp3) is 0.269. The van der Waals surface area contributed by atoms with E-state index >= 15 is 0 Å². The SMILES string of the molecule is CC(C)(C)[Si]OC(C)(C)c1cccc(-c2ccc3cnc(Nc4ccc5nc[nH]c5c4)nn23)c1. The molecule has 172 valence electrons. The van der Waals surface area contributed by atoms with Crippen LogP contribution in [0.15, 0.2) is 67.1 Å². The molecule has 0 unspecified atom stereocenters. The molecule has 5 aromatic rings. The Labute approximate surface area is 201 Å². The molecule has 8 heteroatoms. The average molecular weight is 469 g/mol. The molecule has 0 fully saturated rings. The molecule has 0 aliphatic rings. The number of rotatable bonds is 6. The first-order valence-electron chi connectivity index (χ1n) is 11.3. The molecule has 0 bridgehead atoms. The van der Waals surface area contributed by atoms with Gasteiger partial charge in [0.1, 0.15) is 0 Å². The minimum absolute atomic E-state index is 0.134. The Morgan fingerprint density at radius 3 is 2.65 bits per heavy atom. The number of anilines is 2. The molecule has 2 N–H and O–H groups in total. The van der Waals surface area contributed by atoms with E-state index in [-0.39, 0.29) is 10.6 Å². The summed E-state index contributed by atoms with van der Waals surface area (Å²) in [6.45, 7) is 10.8. The van der Waals surface area contributed by atoms with Gasteiger partial charge in [-0.2, -0.15) is 0 Å². The Kier molecular flexibility index (Phi) is 5.49. The highest BCUT2D eigenvalue weighted by atomic mass is 28.2. The molecule has 2 aromatic carbocycles. The van der Waals surface area contributed by atoms with Gasteiger partial charge >= 0.3 is 0 Å². The highest BCUT2D eigenvalue weighted by Gasteiger charge is 2.25. The first-order chi connectivity index (χ1) is 16.2. The second kappa shape index (κ2) is 8.38. The van der Waals surface area contributed by atoms with Gasteiger partial charge in [0.2, 0.25) is 15.7 Å². The quantitative estimate of drug-likeness (QED) is 0.294. The molecule has 0 amide bonds. The third kappa shape index (κ3) is 4.60. The number of nitrogens with one attached hydrogen (secondary N) is 2. The van der Waals surface area contributed by atoms with Gasteiger partial charge in [0.25, 0.3) is 0 Å². The van der Waals surface area contributed by atoms with Gasteiger partial charge in [0.15, 0.2) is 0 Å². The lowest BCUT2D eigenvalue weighted by Gasteiger charge is -2.30. The van der Waals surface area contributed by atoms with Crippen molar-refractivity contribution in [2.45, 2.75) is 45.3 Å². The molecule has 2 radical (unpaired) electrons. The minimum Gasteiger partial charge on any atom is -0.408 e. The molecule has 0 aliphatic carbocycles. The summed E-state index contributed by atoms with van der Waals surface area (Å²) in [5.41, 5.74) is 6.53. The van der Waals surface area contributed by atoms with Gasteiger partial charge in [-0.3, -0.25) is 0 Å². The van der Waals surface area contributed by atoms with Crippen LogP contribution in [-0.2, 0) is 10.0 Å². The summed E-state index contributed by atoms with van der Waals surface area (Å²) in [5, 5.41) is 8.21. The number of nitrogens with zero attached hydrogens (tertiary/aromatic N) is 4. The highest BCUT2D eigenvalue weighted by Crippen LogP contribution is 2.32. The van der Waals surface area contributed by atoms with Crippen LogP contribution < -0.4 is 5.32 Å². The number of aromatic nitrogens is 5. The summed E-state index contributed by atoms with van der Waals surface area (Å²) in [4.78, 5) is 11.9. The second-order valence-corrected chi connectivity index (χ2v) is 11.9. The van der Waals surface area contributed by atoms with Crippen LogP contribution >= 0.6 is 0 Å². The predicted octanol–water partition coefficient (Wildman–Crippen LogP) is 6.11. The maximum absolute atomic E-state index is 6.33. The third-order valence-corrected chi connectivity index (χ3v) is 6.77. The molecule has 7 nitrogen and oxygen atoms in total. The summed E-state index contributed by atoms with van der Waals surface area (Å²) in [6.07, 6.45) is 3.52. The molecular formula is C26H28N6OSi. The Morgan fingerprint density at radius 2 is 1.82 bits per heavy atom. The maximum atomic E-state index is 6.33. The average Bonchev–Trinajstić information content (AvgIpc) is 3.44. The Balaban J connectivity index is 1.45. The van der Waals surface area contributed by atoms with Crippen molar-refractivity contribution in [3.63, 3.8) is 0 Å². The smallest absolute Gasteiger partial charge is 0.245 e. The Morgan fingerprint density at radius 1 is 0.971 bits per heavy atom. The number of benzene rings is 2. The van der Waals surface area contributed by atoms with Crippen molar-refractivity contribution in [1.29, 1.82) is 0 Å². The van der Waals surface area contributed by atoms with Crippen LogP contribution in [-0.4, -0.2) is 34.3 Å². The summed E-state index contributed by atoms with van der Waals surface area (Å²) in [6, 6.07) is 18.5. The normalized spacial score (nSPS) is 12.5. The van der Waals surface area contributed by atoms with E-state index < -0.39 is 0 Å². The number of hydrogen-bond acceptors (Lipinski definition) is 5. The minimum atomic E-state index is -0.387. The van der Waals surface area contributed by atoms with E-state index in [1.165, 1.54) is 0 Å². The van der Waals surface area contributed by atoms with E-state index in [4.69, 9.17) is 9.52 Å². The number of hydrogen-bond donors (Lipinski definition) is 2. The van der Waals surface area contributed by atoms with Crippen molar-refractivity contribution in [2.75, 3.05) is 5.32 Å². The summed E-state index contributed by atoms with van der Waals surface area (Å²) in [7, 11) is 0.412. The van der Waals surface area contributed by atoms with Gasteiger partial charge in [0.05, 0.1) is 40.4 Å². The lowest BCUT2D eigenvalue weighted by molar-refractivity contribution is 0.109. The molecule has 3 aromatic heterocycles. The molecular weight excluding hydrogens is 440 g/mol. The third-order valence-electron chi connectivity index (χ3n) is 5.54. The van der Waals surface area contributed by atoms with E-state index in [1.54, 1.807) is 6.33 Å². The van der Waals surface area contributed by atoms with Crippen LogP contribution in [0.5, 0.6) is 0 Å². The van der Waals surface area contributed by atoms with Crippen molar-refractivity contribution < 1.29 is 4.43 Å². The fourth-order valence-corrected chi connectivity index (χ4v) is 4.39. The molecule has 3 heterocycles. The van der Waals surface area contributed by atoms with Crippen molar-refractivity contribution in [3.05, 3.63) is 72.7 Å². The molecule has 0 saturated carbocycles. The van der Waals surface area contributed by atoms with Crippen LogP contribution in [0.3, 0.4) is 0 Å². The van der Waals surface area contributed by atoms with E-state index in [0.29, 0.717) is 15.7 Å². The number of imidazole rings is 1. The molecule has 0 aliphatic heterocycles. The van der Waals surface area contributed by atoms with Gasteiger partial charge in [-0.1, -0.05) is 39.0 Å². The second-order valence-electron chi connectivity index (χ2n) is 9.94. The fourth-order valence-electron chi connectivity index (χ4n) is 3.71. The van der Waals surface area contributed by atoms with Gasteiger partial charge in [0, 0.05) is 11.3 Å². The first-order valence-corrected chi connectivity index (χ1v) is 12.2. The van der Waals surface area contributed by atoms with Gasteiger partial charge in [-0.25, -0.2) is 14.5 Å². The number of fused-ring (bicyclic) bond motifs is 2. The van der Waals surface area contributed by atoms with Crippen LogP contribution in [0.4, 0.5) is 11.6 Å². The van der Waals surface area contributed by atoms with Gasteiger partial charge in [-0.05, 0) is 60.8 Å². The lowest BCUT2D eigenvalue weighted by atomic mass is 9.96. The zero-order chi connectivity index (χ0) is 23.9. The van der Waals surface area contributed by atoms with Crippen molar-refractivity contribution in [2.24, 2.45) is 0 Å². The van der Waals surface area contributed by atoms with Crippen molar-refractivity contribution >= 4 is 37.9 Å². The van der Waals surface area contributed by atoms with Crippen LogP contribution in [0.2, 0.25) is 5.04 Å². The Hall–Kier alpha value is -3.49. The van der Waals surface area contributed by atoms with Gasteiger partial charge in [-0.15, -0.1) is 5.10 Å². The zero-order valence-corrected chi connectivity index (χ0v) is 21.0. The molecule has 0 spiro atoms.